The van der Waals surface area contributed by atoms with Crippen molar-refractivity contribution in [3.63, 3.8) is 0 Å². The normalized spacial score (nSPS) is 12.2. The van der Waals surface area contributed by atoms with Crippen LogP contribution in [0, 0.1) is 12.8 Å². The van der Waals surface area contributed by atoms with Gasteiger partial charge < -0.3 is 0 Å². The summed E-state index contributed by atoms with van der Waals surface area (Å²) in [6.45, 7) is 10.6. The Morgan fingerprint density at radius 1 is 0.950 bits per heavy atom. The maximum Gasteiger partial charge on any atom is -0.00768 e. The van der Waals surface area contributed by atoms with Crippen LogP contribution in [0.25, 0.3) is 5.57 Å². The molecule has 0 fully saturated rings. The smallest absolute Gasteiger partial charge is 0.00768 e. The van der Waals surface area contributed by atoms with Crippen LogP contribution in [-0.2, 0) is 0 Å². The fraction of sp³-hybridized carbons (Fsp3) is 0.200. The third kappa shape index (κ3) is 3.08. The Balaban J connectivity index is 2.71. The molecule has 0 amide bonds. The summed E-state index contributed by atoms with van der Waals surface area (Å²) >= 11 is 0. The van der Waals surface area contributed by atoms with Gasteiger partial charge in [0.05, 0.1) is 0 Å². The van der Waals surface area contributed by atoms with Crippen molar-refractivity contribution in [1.82, 2.24) is 0 Å². The zero-order valence-corrected chi connectivity index (χ0v) is 12.6. The van der Waals surface area contributed by atoms with Gasteiger partial charge in [0.25, 0.3) is 0 Å². The summed E-state index contributed by atoms with van der Waals surface area (Å²) in [5, 5.41) is 0. The largest absolute Gasteiger partial charge is 0.0988 e. The highest BCUT2D eigenvalue weighted by atomic mass is 14.2. The summed E-state index contributed by atoms with van der Waals surface area (Å²) in [7, 11) is 0. The minimum atomic E-state index is 0.447. The molecule has 0 aliphatic carbocycles. The zero-order valence-electron chi connectivity index (χ0n) is 12.6. The Bertz CT molecular complexity index is 615. The lowest BCUT2D eigenvalue weighted by molar-refractivity contribution is 0.794. The van der Waals surface area contributed by atoms with Gasteiger partial charge in [0.2, 0.25) is 0 Å². The Hall–Kier alpha value is -2.08. The molecule has 2 aromatic carbocycles. The molecule has 0 aromatic heterocycles. The van der Waals surface area contributed by atoms with E-state index in [1.54, 1.807) is 0 Å². The molecule has 20 heavy (non-hydrogen) atoms. The number of hydrogen-bond donors (Lipinski definition) is 0. The standard InChI is InChI=1S/C20H22/c1-5-19(15(2)3)20(17-11-7-6-8-12-17)18-13-9-10-16(4)14-18/h5-15H,1H2,2-4H3/b20-19+. The molecule has 2 rings (SSSR count). The molecule has 102 valence electrons. The maximum absolute atomic E-state index is 4.02. The molecule has 0 atom stereocenters. The van der Waals surface area contributed by atoms with Gasteiger partial charge in [0.1, 0.15) is 0 Å². The molecule has 0 unspecified atom stereocenters. The summed E-state index contributed by atoms with van der Waals surface area (Å²) in [5.41, 5.74) is 6.38. The maximum atomic E-state index is 4.02. The van der Waals surface area contributed by atoms with Crippen LogP contribution in [0.15, 0.2) is 72.8 Å². The van der Waals surface area contributed by atoms with E-state index in [9.17, 15) is 0 Å². The van der Waals surface area contributed by atoms with Crippen LogP contribution in [0.3, 0.4) is 0 Å². The quantitative estimate of drug-likeness (QED) is 0.625. The van der Waals surface area contributed by atoms with Gasteiger partial charge >= 0.3 is 0 Å². The van der Waals surface area contributed by atoms with Gasteiger partial charge in [0.15, 0.2) is 0 Å². The SMILES string of the molecule is C=C/C(=C(/c1ccccc1)c1cccc(C)c1)C(C)C. The molecule has 0 spiro atoms. The molecular weight excluding hydrogens is 240 g/mol. The molecule has 0 nitrogen and oxygen atoms in total. The molecule has 0 radical (unpaired) electrons. The van der Waals surface area contributed by atoms with Gasteiger partial charge in [-0.15, -0.1) is 0 Å². The van der Waals surface area contributed by atoms with Crippen LogP contribution in [-0.4, -0.2) is 0 Å². The van der Waals surface area contributed by atoms with Crippen LogP contribution in [0.4, 0.5) is 0 Å². The van der Waals surface area contributed by atoms with Crippen molar-refractivity contribution in [2.45, 2.75) is 20.8 Å². The highest BCUT2D eigenvalue weighted by Gasteiger charge is 2.12. The summed E-state index contributed by atoms with van der Waals surface area (Å²) < 4.78 is 0. The lowest BCUT2D eigenvalue weighted by Crippen LogP contribution is -1.99. The van der Waals surface area contributed by atoms with Gasteiger partial charge in [-0.1, -0.05) is 86.7 Å². The van der Waals surface area contributed by atoms with E-state index < -0.39 is 0 Å². The molecule has 0 saturated heterocycles. The minimum absolute atomic E-state index is 0.447. The first kappa shape index (κ1) is 14.3. The summed E-state index contributed by atoms with van der Waals surface area (Å²) in [6.07, 6.45) is 2.00. The molecule has 0 aliphatic heterocycles. The van der Waals surface area contributed by atoms with Crippen molar-refractivity contribution in [1.29, 1.82) is 0 Å². The molecular formula is C20H22. The van der Waals surface area contributed by atoms with E-state index in [0.29, 0.717) is 5.92 Å². The van der Waals surface area contributed by atoms with Crippen molar-refractivity contribution in [3.05, 3.63) is 89.5 Å². The monoisotopic (exact) mass is 262 g/mol. The number of benzene rings is 2. The topological polar surface area (TPSA) is 0 Å². The second kappa shape index (κ2) is 6.38. The van der Waals surface area contributed by atoms with E-state index in [1.807, 2.05) is 6.08 Å². The van der Waals surface area contributed by atoms with Crippen LogP contribution in [0.5, 0.6) is 0 Å². The first-order valence-corrected chi connectivity index (χ1v) is 7.12. The third-order valence-corrected chi connectivity index (χ3v) is 3.50. The number of hydrogen-bond acceptors (Lipinski definition) is 0. The molecule has 0 heterocycles. The van der Waals surface area contributed by atoms with Gasteiger partial charge in [-0.3, -0.25) is 0 Å². The third-order valence-electron chi connectivity index (χ3n) is 3.50. The van der Waals surface area contributed by atoms with Crippen LogP contribution in [0.1, 0.15) is 30.5 Å². The Morgan fingerprint density at radius 2 is 1.60 bits per heavy atom. The lowest BCUT2D eigenvalue weighted by Gasteiger charge is -2.17. The van der Waals surface area contributed by atoms with E-state index in [1.165, 1.54) is 27.8 Å². The summed E-state index contributed by atoms with van der Waals surface area (Å²) in [6, 6.07) is 19.3. The summed E-state index contributed by atoms with van der Waals surface area (Å²) in [4.78, 5) is 0. The van der Waals surface area contributed by atoms with E-state index in [4.69, 9.17) is 0 Å². The molecule has 2 aromatic rings. The van der Waals surface area contributed by atoms with Crippen LogP contribution < -0.4 is 0 Å². The Kier molecular flexibility index (Phi) is 4.57. The van der Waals surface area contributed by atoms with Crippen molar-refractivity contribution in [2.24, 2.45) is 5.92 Å². The highest BCUT2D eigenvalue weighted by Crippen LogP contribution is 2.31. The number of rotatable bonds is 4. The molecule has 0 bridgehead atoms. The van der Waals surface area contributed by atoms with E-state index >= 15 is 0 Å². The van der Waals surface area contributed by atoms with Crippen LogP contribution >= 0.6 is 0 Å². The van der Waals surface area contributed by atoms with Gasteiger partial charge in [-0.05, 0) is 35.1 Å². The average Bonchev–Trinajstić information content (AvgIpc) is 2.45. The van der Waals surface area contributed by atoms with Crippen LogP contribution in [0.2, 0.25) is 0 Å². The summed E-state index contributed by atoms with van der Waals surface area (Å²) in [5.74, 6) is 0.447. The van der Waals surface area contributed by atoms with Crippen molar-refractivity contribution >= 4 is 5.57 Å². The second-order valence-electron chi connectivity index (χ2n) is 5.42. The number of allylic oxidation sites excluding steroid dienone is 2. The minimum Gasteiger partial charge on any atom is -0.0988 e. The molecule has 0 heteroatoms. The van der Waals surface area contributed by atoms with E-state index in [-0.39, 0.29) is 0 Å². The zero-order chi connectivity index (χ0) is 14.5. The molecule has 0 saturated carbocycles. The Morgan fingerprint density at radius 3 is 2.15 bits per heavy atom. The predicted molar refractivity (Wildman–Crippen MR) is 88.7 cm³/mol. The first-order valence-electron chi connectivity index (χ1n) is 7.12. The predicted octanol–water partition coefficient (Wildman–Crippen LogP) is 5.64. The lowest BCUT2D eigenvalue weighted by atomic mass is 9.87. The second-order valence-corrected chi connectivity index (χ2v) is 5.42. The average molecular weight is 262 g/mol. The first-order chi connectivity index (χ1) is 9.63. The number of aryl methyl sites for hydroxylation is 1. The fourth-order valence-corrected chi connectivity index (χ4v) is 2.53. The van der Waals surface area contributed by atoms with E-state index in [0.717, 1.165) is 0 Å². The van der Waals surface area contributed by atoms with Crippen molar-refractivity contribution in [2.75, 3.05) is 0 Å². The van der Waals surface area contributed by atoms with Crippen molar-refractivity contribution in [3.8, 4) is 0 Å². The molecule has 0 N–H and O–H groups in total. The van der Waals surface area contributed by atoms with Gasteiger partial charge in [-0.25, -0.2) is 0 Å². The fourth-order valence-electron chi connectivity index (χ4n) is 2.53. The molecule has 0 aliphatic rings. The highest BCUT2D eigenvalue weighted by molar-refractivity contribution is 5.83. The Labute approximate surface area is 122 Å². The van der Waals surface area contributed by atoms with E-state index in [2.05, 4.69) is 81.9 Å². The van der Waals surface area contributed by atoms with Gasteiger partial charge in [0, 0.05) is 0 Å². The van der Waals surface area contributed by atoms with Crippen molar-refractivity contribution < 1.29 is 0 Å². The van der Waals surface area contributed by atoms with Gasteiger partial charge in [-0.2, -0.15) is 0 Å².